The zero-order chi connectivity index (χ0) is 17.8. The average molecular weight is 355 g/mol. The molecule has 8 nitrogen and oxygen atoms in total. The molecule has 4 rings (SSSR count). The molecule has 138 valence electrons. The lowest BCUT2D eigenvalue weighted by molar-refractivity contribution is 0.122. The third-order valence-electron chi connectivity index (χ3n) is 4.86. The Morgan fingerprint density at radius 2 is 1.88 bits per heavy atom. The second-order valence-electron chi connectivity index (χ2n) is 6.66. The fraction of sp³-hybridized carbons (Fsp3) is 0.556. The van der Waals surface area contributed by atoms with Gasteiger partial charge in [-0.3, -0.25) is 0 Å². The Hall–Kier alpha value is -2.48. The fourth-order valence-electron chi connectivity index (χ4n) is 3.31. The molecule has 1 unspecified atom stereocenters. The summed E-state index contributed by atoms with van der Waals surface area (Å²) in [6.07, 6.45) is 7.66. The Morgan fingerprint density at radius 1 is 1.08 bits per heavy atom. The molecule has 0 amide bonds. The van der Waals surface area contributed by atoms with Crippen LogP contribution in [0.1, 0.15) is 18.9 Å². The molecule has 0 aliphatic carbocycles. The Balaban J connectivity index is 1.37. The van der Waals surface area contributed by atoms with E-state index in [1.165, 1.54) is 5.56 Å². The monoisotopic (exact) mass is 355 g/mol. The van der Waals surface area contributed by atoms with E-state index >= 15 is 0 Å². The minimum atomic E-state index is 0.330. The van der Waals surface area contributed by atoms with Crippen LogP contribution in [0.15, 0.2) is 24.7 Å². The van der Waals surface area contributed by atoms with E-state index in [1.807, 2.05) is 24.7 Å². The van der Waals surface area contributed by atoms with Crippen molar-refractivity contribution >= 4 is 17.7 Å². The van der Waals surface area contributed by atoms with Gasteiger partial charge in [-0.1, -0.05) is 6.92 Å². The van der Waals surface area contributed by atoms with Crippen molar-refractivity contribution in [2.75, 3.05) is 54.5 Å². The summed E-state index contributed by atoms with van der Waals surface area (Å²) in [6.45, 7) is 7.08. The number of hydrogen-bond donors (Lipinski definition) is 1. The van der Waals surface area contributed by atoms with Crippen molar-refractivity contribution in [1.29, 1.82) is 0 Å². The van der Waals surface area contributed by atoms with Gasteiger partial charge in [0, 0.05) is 50.8 Å². The molecule has 0 radical (unpaired) electrons. The van der Waals surface area contributed by atoms with Crippen molar-refractivity contribution < 1.29 is 4.74 Å². The molecule has 26 heavy (non-hydrogen) atoms. The normalized spacial score (nSPS) is 20.4. The molecule has 0 spiro atoms. The van der Waals surface area contributed by atoms with Gasteiger partial charge in [-0.05, 0) is 24.5 Å². The van der Waals surface area contributed by atoms with Gasteiger partial charge in [0.2, 0.25) is 11.9 Å². The van der Waals surface area contributed by atoms with Crippen LogP contribution in [0.4, 0.5) is 17.7 Å². The molecule has 1 N–H and O–H groups in total. The smallest absolute Gasteiger partial charge is 0.227 e. The largest absolute Gasteiger partial charge is 0.378 e. The van der Waals surface area contributed by atoms with Gasteiger partial charge in [0.15, 0.2) is 0 Å². The number of nitrogens with zero attached hydrogens (tertiary/aromatic N) is 6. The summed E-state index contributed by atoms with van der Waals surface area (Å²) < 4.78 is 5.40. The first-order chi connectivity index (χ1) is 12.8. The number of ether oxygens (including phenoxy) is 1. The molecule has 2 fully saturated rings. The first kappa shape index (κ1) is 17.0. The number of rotatable bonds is 5. The van der Waals surface area contributed by atoms with E-state index in [0.29, 0.717) is 6.04 Å². The number of anilines is 3. The topological polar surface area (TPSA) is 79.3 Å². The molecule has 2 saturated heterocycles. The van der Waals surface area contributed by atoms with E-state index < -0.39 is 0 Å². The third kappa shape index (κ3) is 3.85. The summed E-state index contributed by atoms with van der Waals surface area (Å²) in [4.78, 5) is 22.5. The maximum atomic E-state index is 5.40. The van der Waals surface area contributed by atoms with E-state index in [0.717, 1.165) is 69.9 Å². The highest BCUT2D eigenvalue weighted by molar-refractivity contribution is 5.44. The molecule has 8 heteroatoms. The Kier molecular flexibility index (Phi) is 5.10. The van der Waals surface area contributed by atoms with Crippen LogP contribution in [-0.4, -0.2) is 65.4 Å². The summed E-state index contributed by atoms with van der Waals surface area (Å²) >= 11 is 0. The molecule has 2 aliphatic rings. The summed E-state index contributed by atoms with van der Waals surface area (Å²) in [5, 5.41) is 3.54. The maximum Gasteiger partial charge on any atom is 0.227 e. The van der Waals surface area contributed by atoms with E-state index in [4.69, 9.17) is 4.74 Å². The highest BCUT2D eigenvalue weighted by Crippen LogP contribution is 2.20. The molecule has 4 heterocycles. The van der Waals surface area contributed by atoms with Crippen LogP contribution in [0, 0.1) is 0 Å². The first-order valence-corrected chi connectivity index (χ1v) is 9.30. The zero-order valence-electron chi connectivity index (χ0n) is 15.1. The number of aromatic nitrogens is 4. The molecule has 2 aliphatic heterocycles. The van der Waals surface area contributed by atoms with E-state index in [9.17, 15) is 0 Å². The minimum absolute atomic E-state index is 0.330. The molecule has 1 atom stereocenters. The molecular formula is C18H25N7O. The van der Waals surface area contributed by atoms with Crippen LogP contribution in [0.2, 0.25) is 0 Å². The minimum Gasteiger partial charge on any atom is -0.378 e. The maximum absolute atomic E-state index is 5.40. The molecule has 2 aromatic rings. The van der Waals surface area contributed by atoms with Gasteiger partial charge < -0.3 is 19.9 Å². The average Bonchev–Trinajstić information content (AvgIpc) is 3.17. The van der Waals surface area contributed by atoms with Crippen LogP contribution in [0.3, 0.4) is 0 Å². The number of nitrogens with one attached hydrogen (secondary N) is 1. The van der Waals surface area contributed by atoms with Crippen molar-refractivity contribution in [1.82, 2.24) is 19.9 Å². The third-order valence-corrected chi connectivity index (χ3v) is 4.86. The lowest BCUT2D eigenvalue weighted by atomic mass is 10.2. The van der Waals surface area contributed by atoms with E-state index in [2.05, 4.69) is 42.0 Å². The molecular weight excluding hydrogens is 330 g/mol. The van der Waals surface area contributed by atoms with Crippen molar-refractivity contribution in [2.24, 2.45) is 0 Å². The summed E-state index contributed by atoms with van der Waals surface area (Å²) in [6, 6.07) is 2.26. The van der Waals surface area contributed by atoms with Crippen LogP contribution in [-0.2, 0) is 11.2 Å². The predicted molar refractivity (Wildman–Crippen MR) is 101 cm³/mol. The van der Waals surface area contributed by atoms with Gasteiger partial charge in [0.25, 0.3) is 0 Å². The number of morpholine rings is 1. The lowest BCUT2D eigenvalue weighted by Gasteiger charge is -2.27. The molecule has 0 saturated carbocycles. The predicted octanol–water partition coefficient (Wildman–Crippen LogP) is 1.36. The van der Waals surface area contributed by atoms with Crippen LogP contribution in [0.5, 0.6) is 0 Å². The van der Waals surface area contributed by atoms with Crippen molar-refractivity contribution in [3.63, 3.8) is 0 Å². The van der Waals surface area contributed by atoms with Crippen LogP contribution in [0.25, 0.3) is 0 Å². The van der Waals surface area contributed by atoms with Crippen molar-refractivity contribution in [2.45, 2.75) is 25.8 Å². The van der Waals surface area contributed by atoms with Gasteiger partial charge >= 0.3 is 0 Å². The Labute approximate surface area is 153 Å². The van der Waals surface area contributed by atoms with Gasteiger partial charge in [-0.15, -0.1) is 0 Å². The van der Waals surface area contributed by atoms with Gasteiger partial charge in [0.05, 0.1) is 13.2 Å². The van der Waals surface area contributed by atoms with Crippen LogP contribution >= 0.6 is 0 Å². The number of aryl methyl sites for hydroxylation is 1. The van der Waals surface area contributed by atoms with Crippen LogP contribution < -0.4 is 15.1 Å². The van der Waals surface area contributed by atoms with Gasteiger partial charge in [-0.2, -0.15) is 4.98 Å². The fourth-order valence-corrected chi connectivity index (χ4v) is 3.31. The molecule has 0 bridgehead atoms. The zero-order valence-corrected chi connectivity index (χ0v) is 15.1. The van der Waals surface area contributed by atoms with Crippen molar-refractivity contribution in [3.05, 3.63) is 30.2 Å². The summed E-state index contributed by atoms with van der Waals surface area (Å²) in [5.41, 5.74) is 1.17. The Bertz CT molecular complexity index is 718. The lowest BCUT2D eigenvalue weighted by Crippen LogP contribution is -2.37. The first-order valence-electron chi connectivity index (χ1n) is 9.30. The second kappa shape index (κ2) is 7.82. The van der Waals surface area contributed by atoms with Gasteiger partial charge in [-0.25, -0.2) is 15.0 Å². The standard InChI is InChI=1S/C18H25N7O/c1-2-14-11-20-17(21-12-14)25-6-4-15(13-25)22-16-3-5-19-18(23-16)24-7-9-26-10-8-24/h3,5,11-12,15H,2,4,6-10,13H2,1H3,(H,19,22,23). The SMILES string of the molecule is CCc1cnc(N2CCC(Nc3ccnc(N4CCOCC4)n3)C2)nc1. The van der Waals surface area contributed by atoms with E-state index in [-0.39, 0.29) is 0 Å². The highest BCUT2D eigenvalue weighted by atomic mass is 16.5. The van der Waals surface area contributed by atoms with Crippen molar-refractivity contribution in [3.8, 4) is 0 Å². The molecule has 0 aromatic carbocycles. The number of hydrogen-bond acceptors (Lipinski definition) is 8. The highest BCUT2D eigenvalue weighted by Gasteiger charge is 2.25. The molecule has 2 aromatic heterocycles. The summed E-state index contributed by atoms with van der Waals surface area (Å²) in [7, 11) is 0. The Morgan fingerprint density at radius 3 is 2.65 bits per heavy atom. The van der Waals surface area contributed by atoms with Gasteiger partial charge in [0.1, 0.15) is 5.82 Å². The summed E-state index contributed by atoms with van der Waals surface area (Å²) in [5.74, 6) is 2.45. The second-order valence-corrected chi connectivity index (χ2v) is 6.66. The quantitative estimate of drug-likeness (QED) is 0.861. The van der Waals surface area contributed by atoms with E-state index in [1.54, 1.807) is 0 Å².